The molecule has 1 fully saturated rings. The van der Waals surface area contributed by atoms with Crippen LogP contribution in [0, 0.1) is 0 Å². The van der Waals surface area contributed by atoms with Gasteiger partial charge in [0, 0.05) is 50.8 Å². The number of piperazine rings is 1. The summed E-state index contributed by atoms with van der Waals surface area (Å²) in [6.07, 6.45) is 3.72. The lowest BCUT2D eigenvalue weighted by atomic mass is 10.2. The molecule has 0 aliphatic carbocycles. The van der Waals surface area contributed by atoms with Gasteiger partial charge in [-0.25, -0.2) is 0 Å². The Hall–Kier alpha value is -2.07. The summed E-state index contributed by atoms with van der Waals surface area (Å²) in [6, 6.07) is 12.5. The number of nitrogens with zero attached hydrogens (tertiary/aromatic N) is 3. The number of methoxy groups -OCH3 is 1. The standard InChI is InChI=1S/C17H21N3O/c1-21-17-4-2-15(3-5-17)14-19-10-12-20(13-11-19)16-6-8-18-9-7-16/h2-9H,10-14H2,1H3. The molecule has 1 aromatic carbocycles. The van der Waals surface area contributed by atoms with Crippen LogP contribution in [-0.4, -0.2) is 43.2 Å². The number of pyridine rings is 1. The van der Waals surface area contributed by atoms with Crippen LogP contribution in [0.4, 0.5) is 5.69 Å². The maximum Gasteiger partial charge on any atom is 0.118 e. The van der Waals surface area contributed by atoms with E-state index in [2.05, 4.69) is 39.0 Å². The summed E-state index contributed by atoms with van der Waals surface area (Å²) < 4.78 is 5.20. The van der Waals surface area contributed by atoms with Crippen molar-refractivity contribution >= 4 is 5.69 Å². The normalized spacial score (nSPS) is 16.0. The van der Waals surface area contributed by atoms with E-state index >= 15 is 0 Å². The van der Waals surface area contributed by atoms with Crippen LogP contribution in [-0.2, 0) is 6.54 Å². The molecule has 110 valence electrons. The van der Waals surface area contributed by atoms with Gasteiger partial charge >= 0.3 is 0 Å². The molecule has 0 unspecified atom stereocenters. The van der Waals surface area contributed by atoms with Crippen molar-refractivity contribution in [1.29, 1.82) is 0 Å². The molecule has 0 N–H and O–H groups in total. The molecule has 4 heteroatoms. The number of rotatable bonds is 4. The molecule has 1 aromatic heterocycles. The topological polar surface area (TPSA) is 28.6 Å². The first kappa shape index (κ1) is 13.9. The fourth-order valence-electron chi connectivity index (χ4n) is 2.71. The van der Waals surface area contributed by atoms with E-state index in [0.717, 1.165) is 38.5 Å². The highest BCUT2D eigenvalue weighted by Gasteiger charge is 2.17. The first-order chi connectivity index (χ1) is 10.3. The van der Waals surface area contributed by atoms with E-state index in [9.17, 15) is 0 Å². The van der Waals surface area contributed by atoms with E-state index in [1.54, 1.807) is 7.11 Å². The number of hydrogen-bond acceptors (Lipinski definition) is 4. The van der Waals surface area contributed by atoms with Crippen molar-refractivity contribution in [2.75, 3.05) is 38.2 Å². The van der Waals surface area contributed by atoms with E-state index in [1.165, 1.54) is 11.3 Å². The second-order valence-electron chi connectivity index (χ2n) is 5.32. The zero-order valence-corrected chi connectivity index (χ0v) is 12.4. The van der Waals surface area contributed by atoms with Crippen molar-refractivity contribution in [2.45, 2.75) is 6.54 Å². The monoisotopic (exact) mass is 283 g/mol. The Morgan fingerprint density at radius 1 is 0.952 bits per heavy atom. The molecule has 1 saturated heterocycles. The smallest absolute Gasteiger partial charge is 0.118 e. The average Bonchev–Trinajstić information content (AvgIpc) is 2.57. The van der Waals surface area contributed by atoms with Gasteiger partial charge in [-0.2, -0.15) is 0 Å². The van der Waals surface area contributed by atoms with Gasteiger partial charge in [-0.1, -0.05) is 12.1 Å². The van der Waals surface area contributed by atoms with Crippen molar-refractivity contribution in [3.63, 3.8) is 0 Å². The molecule has 0 amide bonds. The average molecular weight is 283 g/mol. The van der Waals surface area contributed by atoms with Gasteiger partial charge in [-0.05, 0) is 29.8 Å². The number of hydrogen-bond donors (Lipinski definition) is 0. The van der Waals surface area contributed by atoms with Crippen molar-refractivity contribution in [2.24, 2.45) is 0 Å². The van der Waals surface area contributed by atoms with Crippen LogP contribution < -0.4 is 9.64 Å². The second kappa shape index (κ2) is 6.59. The molecule has 3 rings (SSSR count). The van der Waals surface area contributed by atoms with Gasteiger partial charge in [0.2, 0.25) is 0 Å². The van der Waals surface area contributed by atoms with Crippen molar-refractivity contribution in [3.8, 4) is 5.75 Å². The van der Waals surface area contributed by atoms with Crippen LogP contribution in [0.15, 0.2) is 48.8 Å². The summed E-state index contributed by atoms with van der Waals surface area (Å²) in [5, 5.41) is 0. The Bertz CT molecular complexity index is 548. The van der Waals surface area contributed by atoms with Crippen LogP contribution >= 0.6 is 0 Å². The molecule has 0 atom stereocenters. The Balaban J connectivity index is 1.53. The summed E-state index contributed by atoms with van der Waals surface area (Å²) in [5.74, 6) is 0.918. The predicted molar refractivity (Wildman–Crippen MR) is 84.7 cm³/mol. The van der Waals surface area contributed by atoms with Crippen molar-refractivity contribution in [1.82, 2.24) is 9.88 Å². The van der Waals surface area contributed by atoms with Crippen molar-refractivity contribution in [3.05, 3.63) is 54.4 Å². The highest BCUT2D eigenvalue weighted by molar-refractivity contribution is 5.45. The highest BCUT2D eigenvalue weighted by atomic mass is 16.5. The molecule has 21 heavy (non-hydrogen) atoms. The lowest BCUT2D eigenvalue weighted by molar-refractivity contribution is 0.250. The SMILES string of the molecule is COc1ccc(CN2CCN(c3ccncc3)CC2)cc1. The molecule has 0 radical (unpaired) electrons. The first-order valence-electron chi connectivity index (χ1n) is 7.35. The Morgan fingerprint density at radius 2 is 1.62 bits per heavy atom. The summed E-state index contributed by atoms with van der Waals surface area (Å²) in [7, 11) is 1.70. The van der Waals surface area contributed by atoms with Gasteiger partial charge < -0.3 is 9.64 Å². The quantitative estimate of drug-likeness (QED) is 0.861. The van der Waals surface area contributed by atoms with E-state index in [0.29, 0.717) is 0 Å². The van der Waals surface area contributed by atoms with Crippen LogP contribution in [0.2, 0.25) is 0 Å². The van der Waals surface area contributed by atoms with E-state index in [1.807, 2.05) is 24.5 Å². The van der Waals surface area contributed by atoms with Gasteiger partial charge in [0.25, 0.3) is 0 Å². The zero-order valence-electron chi connectivity index (χ0n) is 12.4. The van der Waals surface area contributed by atoms with Crippen LogP contribution in [0.1, 0.15) is 5.56 Å². The van der Waals surface area contributed by atoms with Crippen LogP contribution in [0.5, 0.6) is 5.75 Å². The number of aromatic nitrogens is 1. The number of benzene rings is 1. The largest absolute Gasteiger partial charge is 0.497 e. The number of anilines is 1. The van der Waals surface area contributed by atoms with Crippen LogP contribution in [0.3, 0.4) is 0 Å². The molecule has 1 aliphatic rings. The summed E-state index contributed by atoms with van der Waals surface area (Å²) in [4.78, 5) is 9.00. The third-order valence-electron chi connectivity index (χ3n) is 3.97. The Kier molecular flexibility index (Phi) is 4.36. The molecular weight excluding hydrogens is 262 g/mol. The second-order valence-corrected chi connectivity index (χ2v) is 5.32. The third kappa shape index (κ3) is 3.52. The molecule has 0 saturated carbocycles. The molecular formula is C17H21N3O. The summed E-state index contributed by atoms with van der Waals surface area (Å²) in [6.45, 7) is 5.33. The lowest BCUT2D eigenvalue weighted by Gasteiger charge is -2.36. The molecule has 4 nitrogen and oxygen atoms in total. The molecule has 2 aromatic rings. The minimum atomic E-state index is 0.918. The summed E-state index contributed by atoms with van der Waals surface area (Å²) in [5.41, 5.74) is 2.61. The minimum Gasteiger partial charge on any atom is -0.497 e. The maximum atomic E-state index is 5.20. The predicted octanol–water partition coefficient (Wildman–Crippen LogP) is 2.41. The Morgan fingerprint density at radius 3 is 2.24 bits per heavy atom. The van der Waals surface area contributed by atoms with Crippen LogP contribution in [0.25, 0.3) is 0 Å². The fourth-order valence-corrected chi connectivity index (χ4v) is 2.71. The number of ether oxygens (including phenoxy) is 1. The zero-order chi connectivity index (χ0) is 14.5. The first-order valence-corrected chi connectivity index (χ1v) is 7.35. The molecule has 0 spiro atoms. The maximum absolute atomic E-state index is 5.20. The van der Waals surface area contributed by atoms with Gasteiger partial charge in [-0.3, -0.25) is 9.88 Å². The van der Waals surface area contributed by atoms with E-state index in [4.69, 9.17) is 4.74 Å². The van der Waals surface area contributed by atoms with Gasteiger partial charge in [0.15, 0.2) is 0 Å². The van der Waals surface area contributed by atoms with Gasteiger partial charge in [0.1, 0.15) is 5.75 Å². The summed E-state index contributed by atoms with van der Waals surface area (Å²) >= 11 is 0. The Labute approximate surface area is 126 Å². The fraction of sp³-hybridized carbons (Fsp3) is 0.353. The van der Waals surface area contributed by atoms with E-state index < -0.39 is 0 Å². The molecule has 2 heterocycles. The van der Waals surface area contributed by atoms with Crippen molar-refractivity contribution < 1.29 is 4.74 Å². The lowest BCUT2D eigenvalue weighted by Crippen LogP contribution is -2.45. The van der Waals surface area contributed by atoms with E-state index in [-0.39, 0.29) is 0 Å². The van der Waals surface area contributed by atoms with Gasteiger partial charge in [0.05, 0.1) is 7.11 Å². The van der Waals surface area contributed by atoms with Gasteiger partial charge in [-0.15, -0.1) is 0 Å². The minimum absolute atomic E-state index is 0.918. The highest BCUT2D eigenvalue weighted by Crippen LogP contribution is 2.17. The molecule has 1 aliphatic heterocycles. The molecule has 0 bridgehead atoms. The third-order valence-corrected chi connectivity index (χ3v) is 3.97.